The lowest BCUT2D eigenvalue weighted by molar-refractivity contribution is -0.385. The molecular formula is C17H15NO7. The fourth-order valence-electron chi connectivity index (χ4n) is 2.38. The predicted octanol–water partition coefficient (Wildman–Crippen LogP) is 3.12. The van der Waals surface area contributed by atoms with Crippen LogP contribution in [0, 0.1) is 17.0 Å². The molecule has 8 heteroatoms. The van der Waals surface area contributed by atoms with Gasteiger partial charge in [-0.25, -0.2) is 4.79 Å². The number of aryl methyl sites for hydroxylation is 1. The minimum atomic E-state index is -0.596. The van der Waals surface area contributed by atoms with E-state index in [1.165, 1.54) is 24.3 Å². The van der Waals surface area contributed by atoms with Crippen molar-refractivity contribution in [3.05, 3.63) is 63.1 Å². The number of hydrogen-bond donors (Lipinski definition) is 0. The van der Waals surface area contributed by atoms with E-state index < -0.39 is 10.9 Å². The topological polar surface area (TPSA) is 101 Å². The number of nitro groups is 1. The molecule has 0 saturated heterocycles. The van der Waals surface area contributed by atoms with Gasteiger partial charge in [0.25, 0.3) is 5.69 Å². The molecule has 0 atom stereocenters. The summed E-state index contributed by atoms with van der Waals surface area (Å²) in [6.45, 7) is 1.90. The first-order valence-electron chi connectivity index (χ1n) is 7.45. The summed E-state index contributed by atoms with van der Waals surface area (Å²) in [5.41, 5.74) is 0.858. The lowest BCUT2D eigenvalue weighted by atomic mass is 10.1. The Hall–Kier alpha value is -3.13. The van der Waals surface area contributed by atoms with Gasteiger partial charge in [-0.1, -0.05) is 0 Å². The number of furan rings is 1. The van der Waals surface area contributed by atoms with E-state index >= 15 is 0 Å². The van der Waals surface area contributed by atoms with Crippen LogP contribution in [0.1, 0.15) is 22.6 Å². The Labute approximate surface area is 142 Å². The summed E-state index contributed by atoms with van der Waals surface area (Å²) in [4.78, 5) is 22.4. The highest BCUT2D eigenvalue weighted by Gasteiger charge is 2.21. The third-order valence-corrected chi connectivity index (χ3v) is 3.50. The molecular weight excluding hydrogens is 330 g/mol. The van der Waals surface area contributed by atoms with Crippen molar-refractivity contribution in [2.45, 2.75) is 20.1 Å². The molecule has 0 radical (unpaired) electrons. The van der Waals surface area contributed by atoms with E-state index in [2.05, 4.69) is 0 Å². The molecule has 1 aliphatic heterocycles. The smallest absolute Gasteiger partial charge is 0.331 e. The van der Waals surface area contributed by atoms with E-state index in [0.717, 1.165) is 5.76 Å². The molecule has 8 nitrogen and oxygen atoms in total. The first kappa shape index (κ1) is 16.7. The van der Waals surface area contributed by atoms with Crippen LogP contribution >= 0.6 is 0 Å². The second-order valence-electron chi connectivity index (χ2n) is 5.35. The van der Waals surface area contributed by atoms with Crippen LogP contribution in [0.25, 0.3) is 6.08 Å². The molecule has 0 saturated carbocycles. The Morgan fingerprint density at radius 1 is 1.40 bits per heavy atom. The van der Waals surface area contributed by atoms with E-state index in [0.29, 0.717) is 22.6 Å². The fourth-order valence-corrected chi connectivity index (χ4v) is 2.38. The van der Waals surface area contributed by atoms with E-state index in [-0.39, 0.29) is 25.7 Å². The molecule has 0 bridgehead atoms. The maximum Gasteiger partial charge on any atom is 0.331 e. The van der Waals surface area contributed by atoms with Crippen molar-refractivity contribution in [2.75, 3.05) is 6.79 Å². The lowest BCUT2D eigenvalue weighted by Crippen LogP contribution is -2.14. The van der Waals surface area contributed by atoms with Crippen LogP contribution in [0.3, 0.4) is 0 Å². The molecule has 0 spiro atoms. The van der Waals surface area contributed by atoms with Gasteiger partial charge < -0.3 is 18.6 Å². The van der Waals surface area contributed by atoms with Crippen LogP contribution in [0.2, 0.25) is 0 Å². The van der Waals surface area contributed by atoms with Crippen molar-refractivity contribution < 1.29 is 28.3 Å². The number of hydrogen-bond acceptors (Lipinski definition) is 7. The summed E-state index contributed by atoms with van der Waals surface area (Å²) in [6, 6.07) is 6.22. The largest absolute Gasteiger partial charge is 0.467 e. The highest BCUT2D eigenvalue weighted by Crippen LogP contribution is 2.33. The fraction of sp³-hybridized carbons (Fsp3) is 0.235. The van der Waals surface area contributed by atoms with Gasteiger partial charge in [-0.2, -0.15) is 0 Å². The molecule has 2 heterocycles. The second kappa shape index (κ2) is 7.18. The van der Waals surface area contributed by atoms with Gasteiger partial charge in [-0.15, -0.1) is 0 Å². The molecule has 0 N–H and O–H groups in total. The third kappa shape index (κ3) is 4.04. The third-order valence-electron chi connectivity index (χ3n) is 3.50. The number of carbonyl (C=O) groups is 1. The van der Waals surface area contributed by atoms with Crippen LogP contribution in [0.5, 0.6) is 5.75 Å². The molecule has 1 aromatic carbocycles. The van der Waals surface area contributed by atoms with Gasteiger partial charge in [0.15, 0.2) is 6.79 Å². The van der Waals surface area contributed by atoms with Crippen LogP contribution < -0.4 is 4.74 Å². The molecule has 0 fully saturated rings. The molecule has 25 heavy (non-hydrogen) atoms. The number of benzene rings is 1. The van der Waals surface area contributed by atoms with Crippen molar-refractivity contribution in [1.82, 2.24) is 0 Å². The average molecular weight is 345 g/mol. The van der Waals surface area contributed by atoms with Crippen molar-refractivity contribution in [3.63, 3.8) is 0 Å². The molecule has 0 aliphatic carbocycles. The number of non-ortho nitro benzene ring substituents is 1. The molecule has 130 valence electrons. The maximum atomic E-state index is 11.8. The van der Waals surface area contributed by atoms with Gasteiger partial charge in [0.2, 0.25) is 0 Å². The molecule has 0 unspecified atom stereocenters. The summed E-state index contributed by atoms with van der Waals surface area (Å²) >= 11 is 0. The van der Waals surface area contributed by atoms with Crippen molar-refractivity contribution in [1.29, 1.82) is 0 Å². The van der Waals surface area contributed by atoms with Crippen LogP contribution in [-0.2, 0) is 27.5 Å². The van der Waals surface area contributed by atoms with Gasteiger partial charge in [-0.3, -0.25) is 10.1 Å². The monoisotopic (exact) mass is 345 g/mol. The van der Waals surface area contributed by atoms with E-state index in [1.807, 2.05) is 0 Å². The molecule has 0 amide bonds. The van der Waals surface area contributed by atoms with Crippen LogP contribution in [0.4, 0.5) is 5.69 Å². The van der Waals surface area contributed by atoms with Gasteiger partial charge in [0.1, 0.15) is 23.9 Å². The molecule has 2 aromatic rings. The van der Waals surface area contributed by atoms with Crippen LogP contribution in [0.15, 0.2) is 34.8 Å². The van der Waals surface area contributed by atoms with Gasteiger partial charge >= 0.3 is 5.97 Å². The number of carbonyl (C=O) groups excluding carboxylic acids is 1. The summed E-state index contributed by atoms with van der Waals surface area (Å²) in [6.07, 6.45) is 2.72. The minimum absolute atomic E-state index is 0.0451. The number of rotatable bonds is 5. The first-order valence-corrected chi connectivity index (χ1v) is 7.45. The van der Waals surface area contributed by atoms with Crippen molar-refractivity contribution in [3.8, 4) is 5.75 Å². The van der Waals surface area contributed by atoms with Crippen molar-refractivity contribution >= 4 is 17.7 Å². The number of nitro benzene ring substituents is 1. The number of esters is 1. The standard InChI is InChI=1S/C17H15NO7/c1-11-2-3-15(25-11)4-5-16(19)23-9-13-7-14(18(20)21)6-12-8-22-10-24-17(12)13/h2-7H,8-10H2,1H3. The summed E-state index contributed by atoms with van der Waals surface area (Å²) in [5, 5.41) is 11.0. The number of fused-ring (bicyclic) bond motifs is 1. The molecule has 1 aromatic heterocycles. The average Bonchev–Trinajstić information content (AvgIpc) is 3.03. The highest BCUT2D eigenvalue weighted by atomic mass is 16.7. The number of ether oxygens (including phenoxy) is 3. The van der Waals surface area contributed by atoms with Crippen LogP contribution in [-0.4, -0.2) is 17.7 Å². The summed E-state index contributed by atoms with van der Waals surface area (Å²) < 4.78 is 21.0. The number of nitrogens with zero attached hydrogens (tertiary/aromatic N) is 1. The predicted molar refractivity (Wildman–Crippen MR) is 85.7 cm³/mol. The van der Waals surface area contributed by atoms with Gasteiger partial charge in [0, 0.05) is 29.3 Å². The van der Waals surface area contributed by atoms with E-state index in [9.17, 15) is 14.9 Å². The Balaban J connectivity index is 1.71. The minimum Gasteiger partial charge on any atom is -0.467 e. The zero-order valence-electron chi connectivity index (χ0n) is 13.4. The van der Waals surface area contributed by atoms with Gasteiger partial charge in [0.05, 0.1) is 11.5 Å². The maximum absolute atomic E-state index is 11.8. The quantitative estimate of drug-likeness (QED) is 0.355. The Kier molecular flexibility index (Phi) is 4.80. The zero-order chi connectivity index (χ0) is 17.8. The first-order chi connectivity index (χ1) is 12.0. The van der Waals surface area contributed by atoms with E-state index in [4.69, 9.17) is 18.6 Å². The Bertz CT molecular complexity index is 838. The zero-order valence-corrected chi connectivity index (χ0v) is 13.4. The molecule has 3 rings (SSSR count). The highest BCUT2D eigenvalue weighted by molar-refractivity contribution is 5.86. The van der Waals surface area contributed by atoms with Gasteiger partial charge in [-0.05, 0) is 25.1 Å². The lowest BCUT2D eigenvalue weighted by Gasteiger charge is -2.20. The van der Waals surface area contributed by atoms with Crippen molar-refractivity contribution in [2.24, 2.45) is 0 Å². The summed E-state index contributed by atoms with van der Waals surface area (Å²) in [5.74, 6) is 1.12. The Morgan fingerprint density at radius 3 is 2.96 bits per heavy atom. The Morgan fingerprint density at radius 2 is 2.24 bits per heavy atom. The molecule has 1 aliphatic rings. The van der Waals surface area contributed by atoms with E-state index in [1.54, 1.807) is 19.1 Å². The second-order valence-corrected chi connectivity index (χ2v) is 5.35. The SMILES string of the molecule is Cc1ccc(C=CC(=O)OCc2cc([N+](=O)[O-])cc3c2OCOC3)o1. The summed E-state index contributed by atoms with van der Waals surface area (Å²) in [7, 11) is 0. The normalized spacial score (nSPS) is 13.3.